The van der Waals surface area contributed by atoms with E-state index in [1.54, 1.807) is 26.0 Å². The summed E-state index contributed by atoms with van der Waals surface area (Å²) in [6.07, 6.45) is 2.67. The van der Waals surface area contributed by atoms with E-state index < -0.39 is 21.7 Å². The average molecular weight is 499 g/mol. The summed E-state index contributed by atoms with van der Waals surface area (Å²) in [6, 6.07) is 6.94. The zero-order valence-electron chi connectivity index (χ0n) is 16.9. The molecule has 0 atom stereocenters. The lowest BCUT2D eigenvalue weighted by molar-refractivity contribution is 0.102. The third-order valence-corrected chi connectivity index (χ3v) is 7.56. The van der Waals surface area contributed by atoms with Crippen molar-refractivity contribution in [2.24, 2.45) is 0 Å². The molecule has 0 unspecified atom stereocenters. The molecule has 0 aliphatic carbocycles. The largest absolute Gasteiger partial charge is 0.491 e. The van der Waals surface area contributed by atoms with Crippen LogP contribution in [0.4, 0.5) is 10.1 Å². The first kappa shape index (κ1) is 22.7. The third kappa shape index (κ3) is 4.84. The zero-order chi connectivity index (χ0) is 21.9. The molecule has 1 fully saturated rings. The number of nitrogens with one attached hydrogen (secondary N) is 1. The van der Waals surface area contributed by atoms with Crippen LogP contribution in [-0.2, 0) is 10.0 Å². The number of halogens is 2. The minimum absolute atomic E-state index is 0.113. The SMILES string of the molecule is CCOc1c(Br)cc(F)cc1NC(=O)c1ccc(C)c(S(=O)(=O)N2CCCCC2)c1. The predicted molar refractivity (Wildman–Crippen MR) is 117 cm³/mol. The Morgan fingerprint density at radius 1 is 1.20 bits per heavy atom. The Morgan fingerprint density at radius 3 is 2.57 bits per heavy atom. The molecule has 162 valence electrons. The predicted octanol–water partition coefficient (Wildman–Crippen LogP) is 4.72. The molecular weight excluding hydrogens is 475 g/mol. The molecule has 1 saturated heterocycles. The summed E-state index contributed by atoms with van der Waals surface area (Å²) in [7, 11) is -3.69. The molecule has 0 bridgehead atoms. The highest BCUT2D eigenvalue weighted by Gasteiger charge is 2.28. The van der Waals surface area contributed by atoms with Crippen LogP contribution >= 0.6 is 15.9 Å². The number of ether oxygens (including phenoxy) is 1. The molecule has 2 aromatic rings. The molecule has 0 aromatic heterocycles. The maximum absolute atomic E-state index is 13.9. The van der Waals surface area contributed by atoms with Gasteiger partial charge >= 0.3 is 0 Å². The van der Waals surface area contributed by atoms with Crippen LogP contribution in [0.5, 0.6) is 5.75 Å². The molecule has 1 amide bonds. The first-order valence-electron chi connectivity index (χ1n) is 9.78. The molecule has 0 saturated carbocycles. The fraction of sp³-hybridized carbons (Fsp3) is 0.381. The van der Waals surface area contributed by atoms with Gasteiger partial charge in [0, 0.05) is 24.7 Å². The Hall–Kier alpha value is -1.97. The van der Waals surface area contributed by atoms with E-state index >= 15 is 0 Å². The van der Waals surface area contributed by atoms with Crippen molar-refractivity contribution >= 4 is 37.5 Å². The van der Waals surface area contributed by atoms with Crippen molar-refractivity contribution in [3.8, 4) is 5.75 Å². The summed E-state index contributed by atoms with van der Waals surface area (Å²) in [4.78, 5) is 13.0. The van der Waals surface area contributed by atoms with E-state index in [0.29, 0.717) is 35.5 Å². The number of sulfonamides is 1. The maximum atomic E-state index is 13.9. The molecule has 1 aliphatic heterocycles. The Bertz CT molecular complexity index is 1050. The molecule has 1 N–H and O–H groups in total. The number of piperidine rings is 1. The number of benzene rings is 2. The standard InChI is InChI=1S/C21H24BrFN2O4S/c1-3-29-20-17(22)12-16(23)13-18(20)24-21(26)15-8-7-14(2)19(11-15)30(27,28)25-9-5-4-6-10-25/h7-8,11-13H,3-6,9-10H2,1-2H3,(H,24,26). The highest BCUT2D eigenvalue weighted by atomic mass is 79.9. The number of carbonyl (C=O) groups is 1. The summed E-state index contributed by atoms with van der Waals surface area (Å²) in [6.45, 7) is 4.77. The van der Waals surface area contributed by atoms with Gasteiger partial charge in [-0.1, -0.05) is 12.5 Å². The molecular formula is C21H24BrFN2O4S. The van der Waals surface area contributed by atoms with E-state index in [2.05, 4.69) is 21.2 Å². The fourth-order valence-corrected chi connectivity index (χ4v) is 5.72. The highest BCUT2D eigenvalue weighted by molar-refractivity contribution is 9.10. The fourth-order valence-electron chi connectivity index (χ4n) is 3.40. The number of rotatable bonds is 6. The quantitative estimate of drug-likeness (QED) is 0.624. The second kappa shape index (κ2) is 9.45. The van der Waals surface area contributed by atoms with Crippen molar-refractivity contribution in [2.45, 2.75) is 38.0 Å². The van der Waals surface area contributed by atoms with Gasteiger partial charge in [0.1, 0.15) is 5.82 Å². The van der Waals surface area contributed by atoms with Crippen LogP contribution in [0.25, 0.3) is 0 Å². The van der Waals surface area contributed by atoms with E-state index in [4.69, 9.17) is 4.74 Å². The third-order valence-electron chi connectivity index (χ3n) is 4.93. The van der Waals surface area contributed by atoms with Crippen LogP contribution in [0.3, 0.4) is 0 Å². The lowest BCUT2D eigenvalue weighted by Crippen LogP contribution is -2.36. The van der Waals surface area contributed by atoms with Crippen LogP contribution in [0.1, 0.15) is 42.1 Å². The smallest absolute Gasteiger partial charge is 0.255 e. The molecule has 2 aromatic carbocycles. The number of hydrogen-bond acceptors (Lipinski definition) is 4. The number of hydrogen-bond donors (Lipinski definition) is 1. The van der Waals surface area contributed by atoms with Gasteiger partial charge in [0.25, 0.3) is 5.91 Å². The first-order valence-corrected chi connectivity index (χ1v) is 12.0. The highest BCUT2D eigenvalue weighted by Crippen LogP contribution is 2.35. The van der Waals surface area contributed by atoms with E-state index in [0.717, 1.165) is 25.3 Å². The van der Waals surface area contributed by atoms with E-state index in [1.807, 2.05) is 0 Å². The monoisotopic (exact) mass is 498 g/mol. The Morgan fingerprint density at radius 2 is 1.90 bits per heavy atom. The van der Waals surface area contributed by atoms with Crippen molar-refractivity contribution in [1.82, 2.24) is 4.31 Å². The first-order chi connectivity index (χ1) is 14.2. The van der Waals surface area contributed by atoms with Gasteiger partial charge < -0.3 is 10.1 Å². The lowest BCUT2D eigenvalue weighted by Gasteiger charge is -2.26. The summed E-state index contributed by atoms with van der Waals surface area (Å²) in [5.74, 6) is -0.790. The van der Waals surface area contributed by atoms with Gasteiger partial charge in [-0.3, -0.25) is 4.79 Å². The molecule has 0 radical (unpaired) electrons. The van der Waals surface area contributed by atoms with Crippen molar-refractivity contribution in [3.05, 3.63) is 51.7 Å². The maximum Gasteiger partial charge on any atom is 0.255 e. The second-order valence-electron chi connectivity index (χ2n) is 7.10. The Labute approximate surface area is 184 Å². The van der Waals surface area contributed by atoms with Crippen molar-refractivity contribution in [3.63, 3.8) is 0 Å². The molecule has 6 nitrogen and oxygen atoms in total. The van der Waals surface area contributed by atoms with Gasteiger partial charge in [-0.25, -0.2) is 12.8 Å². The summed E-state index contributed by atoms with van der Waals surface area (Å²) < 4.78 is 47.4. The van der Waals surface area contributed by atoms with Gasteiger partial charge in [-0.15, -0.1) is 0 Å². The lowest BCUT2D eigenvalue weighted by atomic mass is 10.1. The molecule has 1 aliphatic rings. The van der Waals surface area contributed by atoms with Gasteiger partial charge in [-0.2, -0.15) is 4.31 Å². The summed E-state index contributed by atoms with van der Waals surface area (Å²) in [5.41, 5.74) is 0.898. The molecule has 30 heavy (non-hydrogen) atoms. The van der Waals surface area contributed by atoms with Gasteiger partial charge in [0.15, 0.2) is 5.75 Å². The Balaban J connectivity index is 1.92. The molecule has 9 heteroatoms. The topological polar surface area (TPSA) is 75.7 Å². The van der Waals surface area contributed by atoms with Crippen LogP contribution < -0.4 is 10.1 Å². The number of aryl methyl sites for hydroxylation is 1. The zero-order valence-corrected chi connectivity index (χ0v) is 19.3. The van der Waals surface area contributed by atoms with Crippen LogP contribution in [0.15, 0.2) is 39.7 Å². The average Bonchev–Trinajstić information content (AvgIpc) is 2.71. The van der Waals surface area contributed by atoms with E-state index in [9.17, 15) is 17.6 Å². The number of nitrogens with zero attached hydrogens (tertiary/aromatic N) is 1. The summed E-state index contributed by atoms with van der Waals surface area (Å²) in [5, 5.41) is 2.63. The van der Waals surface area contributed by atoms with Crippen LogP contribution in [-0.4, -0.2) is 38.3 Å². The van der Waals surface area contributed by atoms with Crippen LogP contribution in [0.2, 0.25) is 0 Å². The minimum atomic E-state index is -3.69. The molecule has 0 spiro atoms. The van der Waals surface area contributed by atoms with Gasteiger partial charge in [-0.05, 0) is 66.4 Å². The molecule has 3 rings (SSSR count). The van der Waals surface area contributed by atoms with E-state index in [-0.39, 0.29) is 16.1 Å². The van der Waals surface area contributed by atoms with Crippen molar-refractivity contribution < 1.29 is 22.3 Å². The van der Waals surface area contributed by atoms with Crippen LogP contribution in [0, 0.1) is 12.7 Å². The van der Waals surface area contributed by atoms with E-state index in [1.165, 1.54) is 16.4 Å². The number of amides is 1. The normalized spacial score (nSPS) is 15.1. The van der Waals surface area contributed by atoms with Crippen molar-refractivity contribution in [1.29, 1.82) is 0 Å². The minimum Gasteiger partial charge on any atom is -0.491 e. The van der Waals surface area contributed by atoms with Gasteiger partial charge in [0.2, 0.25) is 10.0 Å². The van der Waals surface area contributed by atoms with Gasteiger partial charge in [0.05, 0.1) is 21.7 Å². The Kier molecular flexibility index (Phi) is 7.15. The van der Waals surface area contributed by atoms with Crippen molar-refractivity contribution in [2.75, 3.05) is 25.0 Å². The summed E-state index contributed by atoms with van der Waals surface area (Å²) >= 11 is 3.24. The molecule has 1 heterocycles. The second-order valence-corrected chi connectivity index (χ2v) is 9.86. The number of anilines is 1. The number of carbonyl (C=O) groups excluding carboxylic acids is 1.